The predicted molar refractivity (Wildman–Crippen MR) is 59.2 cm³/mol. The molecular formula is C8H12F2N4OS. The summed E-state index contributed by atoms with van der Waals surface area (Å²) in [5, 5.41) is 2.73. The van der Waals surface area contributed by atoms with Gasteiger partial charge in [-0.2, -0.15) is 4.37 Å². The van der Waals surface area contributed by atoms with Crippen LogP contribution >= 0.6 is 11.5 Å². The number of nitrogens with two attached hydrogens (primary N) is 1. The Kier molecular flexibility index (Phi) is 3.99. The van der Waals surface area contributed by atoms with E-state index in [2.05, 4.69) is 9.69 Å². The molecule has 0 aliphatic rings. The van der Waals surface area contributed by atoms with Gasteiger partial charge in [0, 0.05) is 14.1 Å². The standard InChI is InChI=1S/C8H12F2N4OS/c1-12-7(15)5-6(11)13-16-8(5)14(2)3-4(9)10/h4H,3H2,1-2H3,(H2,11,13)(H,12,15). The van der Waals surface area contributed by atoms with Gasteiger partial charge in [-0.1, -0.05) is 0 Å². The second-order valence-corrected chi connectivity index (χ2v) is 3.85. The van der Waals surface area contributed by atoms with Gasteiger partial charge in [0.15, 0.2) is 5.82 Å². The molecule has 1 amide bonds. The Balaban J connectivity index is 3.00. The van der Waals surface area contributed by atoms with E-state index >= 15 is 0 Å². The molecule has 0 spiro atoms. The molecule has 3 N–H and O–H groups in total. The second kappa shape index (κ2) is 5.06. The lowest BCUT2D eigenvalue weighted by Gasteiger charge is -2.17. The predicted octanol–water partition coefficient (Wildman–Crippen LogP) is 0.786. The first-order valence-electron chi connectivity index (χ1n) is 4.43. The van der Waals surface area contributed by atoms with Gasteiger partial charge in [0.25, 0.3) is 12.3 Å². The Morgan fingerprint density at radius 2 is 2.31 bits per heavy atom. The van der Waals surface area contributed by atoms with Crippen LogP contribution in [0, 0.1) is 0 Å². The zero-order chi connectivity index (χ0) is 12.3. The Bertz CT molecular complexity index is 382. The summed E-state index contributed by atoms with van der Waals surface area (Å²) in [5.74, 6) is -0.372. The number of halogens is 2. The molecule has 8 heteroatoms. The fourth-order valence-corrected chi connectivity index (χ4v) is 1.96. The number of aromatic nitrogens is 1. The zero-order valence-electron chi connectivity index (χ0n) is 8.83. The third-order valence-electron chi connectivity index (χ3n) is 1.91. The summed E-state index contributed by atoms with van der Waals surface area (Å²) in [6.45, 7) is -0.467. The molecule has 1 aromatic rings. The first kappa shape index (κ1) is 12.6. The fourth-order valence-electron chi connectivity index (χ4n) is 1.18. The van der Waals surface area contributed by atoms with Crippen molar-refractivity contribution in [1.82, 2.24) is 9.69 Å². The van der Waals surface area contributed by atoms with Crippen molar-refractivity contribution in [3.05, 3.63) is 5.56 Å². The second-order valence-electron chi connectivity index (χ2n) is 3.10. The Labute approximate surface area is 95.4 Å². The normalized spacial score (nSPS) is 10.6. The molecule has 1 aromatic heterocycles. The molecule has 0 radical (unpaired) electrons. The number of alkyl halides is 2. The van der Waals surface area contributed by atoms with Crippen molar-refractivity contribution in [2.45, 2.75) is 6.43 Å². The van der Waals surface area contributed by atoms with E-state index in [-0.39, 0.29) is 11.4 Å². The molecule has 5 nitrogen and oxygen atoms in total. The summed E-state index contributed by atoms with van der Waals surface area (Å²) in [7, 11) is 2.90. The van der Waals surface area contributed by atoms with E-state index in [1.807, 2.05) is 0 Å². The average molecular weight is 250 g/mol. The minimum Gasteiger partial charge on any atom is -0.382 e. The Morgan fingerprint density at radius 3 is 2.81 bits per heavy atom. The molecule has 1 heterocycles. The van der Waals surface area contributed by atoms with Gasteiger partial charge in [-0.15, -0.1) is 0 Å². The van der Waals surface area contributed by atoms with Crippen molar-refractivity contribution in [3.8, 4) is 0 Å². The molecule has 0 saturated carbocycles. The van der Waals surface area contributed by atoms with Crippen molar-refractivity contribution >= 4 is 28.3 Å². The first-order chi connectivity index (χ1) is 7.47. The Hall–Kier alpha value is -1.44. The summed E-state index contributed by atoms with van der Waals surface area (Å²) in [6.07, 6.45) is -2.48. The lowest BCUT2D eigenvalue weighted by molar-refractivity contribution is 0.0964. The molecule has 0 saturated heterocycles. The van der Waals surface area contributed by atoms with Gasteiger partial charge in [-0.3, -0.25) is 4.79 Å². The molecule has 0 fully saturated rings. The minimum absolute atomic E-state index is 0.0560. The van der Waals surface area contributed by atoms with E-state index in [0.29, 0.717) is 5.00 Å². The molecular weight excluding hydrogens is 238 g/mol. The van der Waals surface area contributed by atoms with Gasteiger partial charge in [-0.05, 0) is 11.5 Å². The summed E-state index contributed by atoms with van der Waals surface area (Å²) in [6, 6.07) is 0. The number of carbonyl (C=O) groups is 1. The largest absolute Gasteiger partial charge is 0.382 e. The van der Waals surface area contributed by atoms with Crippen LogP contribution < -0.4 is 16.0 Å². The van der Waals surface area contributed by atoms with Gasteiger partial charge in [0.05, 0.1) is 6.54 Å². The maximum atomic E-state index is 12.2. The maximum Gasteiger partial charge on any atom is 0.257 e. The monoisotopic (exact) mass is 250 g/mol. The van der Waals surface area contributed by atoms with E-state index in [0.717, 1.165) is 11.5 Å². The number of rotatable bonds is 4. The van der Waals surface area contributed by atoms with E-state index in [1.165, 1.54) is 19.0 Å². The lowest BCUT2D eigenvalue weighted by Crippen LogP contribution is -2.27. The lowest BCUT2D eigenvalue weighted by atomic mass is 10.3. The van der Waals surface area contributed by atoms with Crippen molar-refractivity contribution < 1.29 is 13.6 Å². The molecule has 0 aliphatic heterocycles. The number of nitrogen functional groups attached to an aromatic ring is 1. The first-order valence-corrected chi connectivity index (χ1v) is 5.21. The van der Waals surface area contributed by atoms with E-state index in [9.17, 15) is 13.6 Å². The van der Waals surface area contributed by atoms with Crippen LogP contribution in [0.4, 0.5) is 19.6 Å². The van der Waals surface area contributed by atoms with Crippen LogP contribution in [-0.4, -0.2) is 37.3 Å². The van der Waals surface area contributed by atoms with Crippen LogP contribution in [-0.2, 0) is 0 Å². The number of nitrogens with one attached hydrogen (secondary N) is 1. The highest BCUT2D eigenvalue weighted by Gasteiger charge is 2.22. The molecule has 0 aliphatic carbocycles. The molecule has 0 aromatic carbocycles. The van der Waals surface area contributed by atoms with Crippen LogP contribution in [0.2, 0.25) is 0 Å². The van der Waals surface area contributed by atoms with Crippen LogP contribution in [0.15, 0.2) is 0 Å². The van der Waals surface area contributed by atoms with Crippen LogP contribution in [0.3, 0.4) is 0 Å². The van der Waals surface area contributed by atoms with Crippen molar-refractivity contribution in [1.29, 1.82) is 0 Å². The topological polar surface area (TPSA) is 71.2 Å². The SMILES string of the molecule is CNC(=O)c1c(N)nsc1N(C)CC(F)F. The molecule has 0 bridgehead atoms. The van der Waals surface area contributed by atoms with Gasteiger partial charge in [0.1, 0.15) is 10.6 Å². The molecule has 0 atom stereocenters. The third kappa shape index (κ3) is 2.57. The van der Waals surface area contributed by atoms with Gasteiger partial charge in [0.2, 0.25) is 0 Å². The van der Waals surface area contributed by atoms with Crippen molar-refractivity contribution in [3.63, 3.8) is 0 Å². The number of hydrogen-bond donors (Lipinski definition) is 2. The molecule has 0 unspecified atom stereocenters. The van der Waals surface area contributed by atoms with Crippen molar-refractivity contribution in [2.75, 3.05) is 31.3 Å². The summed E-state index contributed by atoms with van der Waals surface area (Å²) >= 11 is 0.927. The van der Waals surface area contributed by atoms with Gasteiger partial charge >= 0.3 is 0 Å². The zero-order valence-corrected chi connectivity index (χ0v) is 9.65. The van der Waals surface area contributed by atoms with Crippen molar-refractivity contribution in [2.24, 2.45) is 0 Å². The van der Waals surface area contributed by atoms with E-state index in [1.54, 1.807) is 0 Å². The van der Waals surface area contributed by atoms with Crippen LogP contribution in [0.1, 0.15) is 10.4 Å². The average Bonchev–Trinajstić information content (AvgIpc) is 2.58. The highest BCUT2D eigenvalue weighted by atomic mass is 32.1. The Morgan fingerprint density at radius 1 is 1.69 bits per heavy atom. The third-order valence-corrected chi connectivity index (χ3v) is 2.89. The van der Waals surface area contributed by atoms with Gasteiger partial charge in [-0.25, -0.2) is 8.78 Å². The van der Waals surface area contributed by atoms with Crippen LogP contribution in [0.5, 0.6) is 0 Å². The van der Waals surface area contributed by atoms with E-state index in [4.69, 9.17) is 5.73 Å². The smallest absolute Gasteiger partial charge is 0.257 e. The highest BCUT2D eigenvalue weighted by Crippen LogP contribution is 2.29. The van der Waals surface area contributed by atoms with Gasteiger partial charge < -0.3 is 16.0 Å². The highest BCUT2D eigenvalue weighted by molar-refractivity contribution is 7.11. The number of hydrogen-bond acceptors (Lipinski definition) is 5. The maximum absolute atomic E-state index is 12.2. The number of carbonyl (C=O) groups excluding carboxylic acids is 1. The fraction of sp³-hybridized carbons (Fsp3) is 0.500. The summed E-state index contributed by atoms with van der Waals surface area (Å²) in [4.78, 5) is 12.7. The molecule has 90 valence electrons. The molecule has 1 rings (SSSR count). The minimum atomic E-state index is -2.48. The molecule has 16 heavy (non-hydrogen) atoms. The number of nitrogens with zero attached hydrogens (tertiary/aromatic N) is 2. The number of anilines is 2. The quantitative estimate of drug-likeness (QED) is 0.828. The summed E-state index contributed by atoms with van der Waals surface area (Å²) in [5.41, 5.74) is 5.66. The summed E-state index contributed by atoms with van der Waals surface area (Å²) < 4.78 is 28.2. The van der Waals surface area contributed by atoms with E-state index < -0.39 is 18.9 Å². The van der Waals surface area contributed by atoms with Crippen LogP contribution in [0.25, 0.3) is 0 Å². The number of amides is 1.